The molecule has 0 aromatic heterocycles. The Kier molecular flexibility index (Phi) is 3.53. The highest BCUT2D eigenvalue weighted by molar-refractivity contribution is 9.10. The second kappa shape index (κ2) is 5.10. The number of nitrogens with two attached hydrogens (primary N) is 2. The zero-order valence-electron chi connectivity index (χ0n) is 9.39. The van der Waals surface area contributed by atoms with Crippen molar-refractivity contribution in [2.24, 2.45) is 5.73 Å². The van der Waals surface area contributed by atoms with Crippen LogP contribution in [0.2, 0.25) is 0 Å². The van der Waals surface area contributed by atoms with Crippen LogP contribution in [-0.2, 0) is 0 Å². The molecule has 0 unspecified atom stereocenters. The topological polar surface area (TPSA) is 78.3 Å². The molecule has 5 heteroatoms. The Hall–Kier alpha value is -2.01. The maximum atomic E-state index is 11.3. The number of ether oxygens (including phenoxy) is 1. The lowest BCUT2D eigenvalue weighted by molar-refractivity contribution is 0.0998. The Morgan fingerprint density at radius 3 is 2.61 bits per heavy atom. The van der Waals surface area contributed by atoms with Gasteiger partial charge in [-0.3, -0.25) is 4.79 Å². The summed E-state index contributed by atoms with van der Waals surface area (Å²) in [5.41, 5.74) is 11.7. The van der Waals surface area contributed by atoms with Crippen LogP contribution >= 0.6 is 15.9 Å². The van der Waals surface area contributed by atoms with Gasteiger partial charge in [-0.15, -0.1) is 0 Å². The standard InChI is InChI=1S/C13H11BrN2O2/c14-8-2-1-3-10(6-8)18-12-7-9(15)4-5-11(12)13(16)17/h1-7H,15H2,(H2,16,17). The summed E-state index contributed by atoms with van der Waals surface area (Å²) in [6.07, 6.45) is 0. The number of anilines is 1. The summed E-state index contributed by atoms with van der Waals surface area (Å²) >= 11 is 3.34. The van der Waals surface area contributed by atoms with E-state index < -0.39 is 5.91 Å². The van der Waals surface area contributed by atoms with Crippen molar-refractivity contribution < 1.29 is 9.53 Å². The average Bonchev–Trinajstić information content (AvgIpc) is 2.28. The fraction of sp³-hybridized carbons (Fsp3) is 0. The third-order valence-corrected chi connectivity index (χ3v) is 2.79. The maximum absolute atomic E-state index is 11.3. The number of amides is 1. The van der Waals surface area contributed by atoms with Gasteiger partial charge in [0.2, 0.25) is 0 Å². The zero-order chi connectivity index (χ0) is 13.1. The molecule has 4 N–H and O–H groups in total. The normalized spacial score (nSPS) is 10.1. The predicted molar refractivity (Wildman–Crippen MR) is 73.6 cm³/mol. The highest BCUT2D eigenvalue weighted by Gasteiger charge is 2.10. The molecule has 0 radical (unpaired) electrons. The first-order chi connectivity index (χ1) is 8.56. The van der Waals surface area contributed by atoms with Crippen molar-refractivity contribution in [2.75, 3.05) is 5.73 Å². The SMILES string of the molecule is NC(=O)c1ccc(N)cc1Oc1cccc(Br)c1. The number of halogens is 1. The molecule has 2 aromatic rings. The molecule has 0 saturated carbocycles. The second-order valence-electron chi connectivity index (χ2n) is 3.68. The van der Waals surface area contributed by atoms with Crippen LogP contribution in [0.25, 0.3) is 0 Å². The molecular formula is C13H11BrN2O2. The molecular weight excluding hydrogens is 296 g/mol. The first-order valence-electron chi connectivity index (χ1n) is 5.19. The number of hydrogen-bond donors (Lipinski definition) is 2. The summed E-state index contributed by atoms with van der Waals surface area (Å²) in [6, 6.07) is 12.0. The van der Waals surface area contributed by atoms with Crippen LogP contribution in [0, 0.1) is 0 Å². The molecule has 2 rings (SSSR count). The van der Waals surface area contributed by atoms with Crippen molar-refractivity contribution in [3.63, 3.8) is 0 Å². The van der Waals surface area contributed by atoms with E-state index in [1.165, 1.54) is 0 Å². The number of carbonyl (C=O) groups is 1. The molecule has 0 heterocycles. The van der Waals surface area contributed by atoms with Gasteiger partial charge in [-0.05, 0) is 30.3 Å². The summed E-state index contributed by atoms with van der Waals surface area (Å²) in [5, 5.41) is 0. The minimum absolute atomic E-state index is 0.296. The first-order valence-corrected chi connectivity index (χ1v) is 5.98. The Morgan fingerprint density at radius 1 is 1.17 bits per heavy atom. The van der Waals surface area contributed by atoms with E-state index in [4.69, 9.17) is 16.2 Å². The summed E-state index contributed by atoms with van der Waals surface area (Å²) in [6.45, 7) is 0. The Labute approximate surface area is 113 Å². The largest absolute Gasteiger partial charge is 0.456 e. The minimum Gasteiger partial charge on any atom is -0.456 e. The fourth-order valence-corrected chi connectivity index (χ4v) is 1.86. The maximum Gasteiger partial charge on any atom is 0.252 e. The fourth-order valence-electron chi connectivity index (χ4n) is 1.48. The van der Waals surface area contributed by atoms with Crippen LogP contribution < -0.4 is 16.2 Å². The Bertz CT molecular complexity index is 599. The van der Waals surface area contributed by atoms with Crippen molar-refractivity contribution in [1.29, 1.82) is 0 Å². The first kappa shape index (κ1) is 12.4. The number of benzene rings is 2. The van der Waals surface area contributed by atoms with Crippen molar-refractivity contribution in [3.8, 4) is 11.5 Å². The van der Waals surface area contributed by atoms with Crippen LogP contribution in [0.4, 0.5) is 5.69 Å². The molecule has 2 aromatic carbocycles. The van der Waals surface area contributed by atoms with Crippen LogP contribution in [0.5, 0.6) is 11.5 Å². The van der Waals surface area contributed by atoms with E-state index in [9.17, 15) is 4.79 Å². The predicted octanol–water partition coefficient (Wildman–Crippen LogP) is 2.92. The van der Waals surface area contributed by atoms with Crippen molar-refractivity contribution in [1.82, 2.24) is 0 Å². The van der Waals surface area contributed by atoms with Gasteiger partial charge in [-0.2, -0.15) is 0 Å². The number of hydrogen-bond acceptors (Lipinski definition) is 3. The third-order valence-electron chi connectivity index (χ3n) is 2.30. The van der Waals surface area contributed by atoms with Crippen LogP contribution in [-0.4, -0.2) is 5.91 Å². The molecule has 4 nitrogen and oxygen atoms in total. The average molecular weight is 307 g/mol. The van der Waals surface area contributed by atoms with E-state index in [1.807, 2.05) is 12.1 Å². The van der Waals surface area contributed by atoms with Crippen molar-refractivity contribution in [3.05, 3.63) is 52.5 Å². The number of nitrogen functional groups attached to an aromatic ring is 1. The summed E-state index contributed by atoms with van der Waals surface area (Å²) in [7, 11) is 0. The van der Waals surface area contributed by atoms with Gasteiger partial charge in [0.1, 0.15) is 11.5 Å². The molecule has 92 valence electrons. The zero-order valence-corrected chi connectivity index (χ0v) is 11.0. The Balaban J connectivity index is 2.39. The van der Waals surface area contributed by atoms with Gasteiger partial charge in [0, 0.05) is 16.2 Å². The van der Waals surface area contributed by atoms with Crippen LogP contribution in [0.1, 0.15) is 10.4 Å². The molecule has 18 heavy (non-hydrogen) atoms. The molecule has 0 spiro atoms. The van der Waals surface area contributed by atoms with Crippen LogP contribution in [0.3, 0.4) is 0 Å². The second-order valence-corrected chi connectivity index (χ2v) is 4.59. The van der Waals surface area contributed by atoms with E-state index in [2.05, 4.69) is 15.9 Å². The molecule has 0 aliphatic rings. The molecule has 0 saturated heterocycles. The molecule has 1 amide bonds. The van der Waals surface area contributed by atoms with Gasteiger partial charge < -0.3 is 16.2 Å². The quantitative estimate of drug-likeness (QED) is 0.856. The highest BCUT2D eigenvalue weighted by atomic mass is 79.9. The molecule has 0 bridgehead atoms. The Morgan fingerprint density at radius 2 is 1.94 bits per heavy atom. The van der Waals surface area contributed by atoms with Gasteiger partial charge in [-0.25, -0.2) is 0 Å². The van der Waals surface area contributed by atoms with Gasteiger partial charge in [0.15, 0.2) is 0 Å². The van der Waals surface area contributed by atoms with E-state index in [1.54, 1.807) is 30.3 Å². The lowest BCUT2D eigenvalue weighted by atomic mass is 10.1. The molecule has 0 aliphatic heterocycles. The lowest BCUT2D eigenvalue weighted by Gasteiger charge is -2.10. The number of carbonyl (C=O) groups excluding carboxylic acids is 1. The number of rotatable bonds is 3. The molecule has 0 atom stereocenters. The summed E-state index contributed by atoms with van der Waals surface area (Å²) < 4.78 is 6.50. The van der Waals surface area contributed by atoms with E-state index >= 15 is 0 Å². The lowest BCUT2D eigenvalue weighted by Crippen LogP contribution is -2.12. The third kappa shape index (κ3) is 2.81. The smallest absolute Gasteiger partial charge is 0.252 e. The van der Waals surface area contributed by atoms with E-state index in [0.29, 0.717) is 22.7 Å². The van der Waals surface area contributed by atoms with E-state index in [0.717, 1.165) is 4.47 Å². The summed E-state index contributed by atoms with van der Waals surface area (Å²) in [4.78, 5) is 11.3. The van der Waals surface area contributed by atoms with Crippen molar-refractivity contribution >= 4 is 27.5 Å². The monoisotopic (exact) mass is 306 g/mol. The molecule has 0 aliphatic carbocycles. The summed E-state index contributed by atoms with van der Waals surface area (Å²) in [5.74, 6) is 0.387. The van der Waals surface area contributed by atoms with Gasteiger partial charge >= 0.3 is 0 Å². The van der Waals surface area contributed by atoms with Crippen molar-refractivity contribution in [2.45, 2.75) is 0 Å². The minimum atomic E-state index is -0.556. The molecule has 0 fully saturated rings. The van der Waals surface area contributed by atoms with Gasteiger partial charge in [0.05, 0.1) is 5.56 Å². The number of primary amides is 1. The highest BCUT2D eigenvalue weighted by Crippen LogP contribution is 2.28. The van der Waals surface area contributed by atoms with Crippen LogP contribution in [0.15, 0.2) is 46.9 Å². The van der Waals surface area contributed by atoms with Gasteiger partial charge in [-0.1, -0.05) is 22.0 Å². The van der Waals surface area contributed by atoms with Gasteiger partial charge in [0.25, 0.3) is 5.91 Å². The van der Waals surface area contributed by atoms with E-state index in [-0.39, 0.29) is 0 Å².